The van der Waals surface area contributed by atoms with E-state index in [1.54, 1.807) is 0 Å². The molecule has 0 aromatic heterocycles. The van der Waals surface area contributed by atoms with Crippen molar-refractivity contribution in [1.29, 1.82) is 0 Å². The summed E-state index contributed by atoms with van der Waals surface area (Å²) in [6.45, 7) is 2.24. The number of hydrogen-bond acceptors (Lipinski definition) is 9. The van der Waals surface area contributed by atoms with E-state index in [0.717, 1.165) is 57.8 Å². The van der Waals surface area contributed by atoms with Crippen LogP contribution in [0.4, 0.5) is 0 Å². The van der Waals surface area contributed by atoms with Gasteiger partial charge in [-0.3, -0.25) is 18.6 Å². The molecular formula is C48H87O10P. The molecule has 59 heavy (non-hydrogen) atoms. The molecule has 0 fully saturated rings. The highest BCUT2D eigenvalue weighted by Crippen LogP contribution is 2.43. The number of ether oxygens (including phenoxy) is 2. The Labute approximate surface area is 360 Å². The number of hydrogen-bond donors (Lipinski definition) is 3. The summed E-state index contributed by atoms with van der Waals surface area (Å²) in [4.78, 5) is 35.1. The predicted molar refractivity (Wildman–Crippen MR) is 242 cm³/mol. The van der Waals surface area contributed by atoms with Gasteiger partial charge in [-0.2, -0.15) is 0 Å². The quantitative estimate of drug-likeness (QED) is 0.0234. The Balaban J connectivity index is 4.20. The maximum atomic E-state index is 12.6. The number of phosphoric ester groups is 1. The van der Waals surface area contributed by atoms with Crippen LogP contribution >= 0.6 is 7.82 Å². The van der Waals surface area contributed by atoms with Crippen molar-refractivity contribution in [2.24, 2.45) is 0 Å². The Kier molecular flexibility index (Phi) is 42.5. The number of rotatable bonds is 44. The molecule has 0 saturated carbocycles. The molecule has 0 rings (SSSR count). The van der Waals surface area contributed by atoms with Crippen molar-refractivity contribution in [2.45, 2.75) is 219 Å². The minimum atomic E-state index is -4.63. The van der Waals surface area contributed by atoms with E-state index < -0.39 is 51.8 Å². The molecule has 3 N–H and O–H groups in total. The predicted octanol–water partition coefficient (Wildman–Crippen LogP) is 12.9. The van der Waals surface area contributed by atoms with Crippen molar-refractivity contribution >= 4 is 19.8 Å². The smallest absolute Gasteiger partial charge is 0.462 e. The van der Waals surface area contributed by atoms with Crippen LogP contribution in [0.25, 0.3) is 0 Å². The first kappa shape index (κ1) is 56.9. The topological polar surface area (TPSA) is 149 Å². The number of phosphoric acid groups is 1. The summed E-state index contributed by atoms with van der Waals surface area (Å²) in [5.74, 6) is -0.946. The van der Waals surface area contributed by atoms with Crippen molar-refractivity contribution in [3.63, 3.8) is 0 Å². The van der Waals surface area contributed by atoms with Gasteiger partial charge >= 0.3 is 19.8 Å². The zero-order valence-electron chi connectivity index (χ0n) is 37.5. The molecular weight excluding hydrogens is 767 g/mol. The zero-order valence-corrected chi connectivity index (χ0v) is 38.4. The van der Waals surface area contributed by atoms with Gasteiger partial charge in [0.2, 0.25) is 0 Å². The van der Waals surface area contributed by atoms with Gasteiger partial charge in [0.05, 0.1) is 19.8 Å². The first-order chi connectivity index (χ1) is 28.7. The third-order valence-electron chi connectivity index (χ3n) is 10.1. The number of unbranched alkanes of at least 4 members (excludes halogenated alkanes) is 25. The van der Waals surface area contributed by atoms with Gasteiger partial charge in [-0.15, -0.1) is 0 Å². The minimum absolute atomic E-state index is 0.158. The number of carbonyl (C=O) groups is 2. The van der Waals surface area contributed by atoms with Crippen LogP contribution in [0.3, 0.4) is 0 Å². The molecule has 0 saturated heterocycles. The Morgan fingerprint density at radius 1 is 0.525 bits per heavy atom. The van der Waals surface area contributed by atoms with E-state index in [9.17, 15) is 24.2 Å². The summed E-state index contributed by atoms with van der Waals surface area (Å²) >= 11 is 0. The average Bonchev–Trinajstić information content (AvgIpc) is 3.22. The number of carbonyl (C=O) groups excluding carboxylic acids is 2. The third kappa shape index (κ3) is 43.8. The van der Waals surface area contributed by atoms with E-state index >= 15 is 0 Å². The normalized spacial score (nSPS) is 14.2. The summed E-state index contributed by atoms with van der Waals surface area (Å²) in [7, 11) is -4.63. The van der Waals surface area contributed by atoms with Crippen molar-refractivity contribution in [2.75, 3.05) is 26.4 Å². The molecule has 0 spiro atoms. The number of allylic oxidation sites excluding steroid dienone is 8. The molecule has 0 bridgehead atoms. The molecule has 0 aromatic carbocycles. The zero-order chi connectivity index (χ0) is 43.3. The Morgan fingerprint density at radius 2 is 0.932 bits per heavy atom. The second kappa shape index (κ2) is 44.0. The van der Waals surface area contributed by atoms with Crippen LogP contribution in [0.2, 0.25) is 0 Å². The van der Waals surface area contributed by atoms with Gasteiger partial charge in [0, 0.05) is 12.8 Å². The fourth-order valence-corrected chi connectivity index (χ4v) is 7.27. The summed E-state index contributed by atoms with van der Waals surface area (Å²) in [5.41, 5.74) is 0. The largest absolute Gasteiger partial charge is 0.472 e. The maximum absolute atomic E-state index is 12.6. The lowest BCUT2D eigenvalue weighted by molar-refractivity contribution is -0.161. The third-order valence-corrected chi connectivity index (χ3v) is 11.0. The first-order valence-corrected chi connectivity index (χ1v) is 25.1. The minimum Gasteiger partial charge on any atom is -0.462 e. The molecule has 11 heteroatoms. The molecule has 10 nitrogen and oxygen atoms in total. The number of aliphatic hydroxyl groups is 2. The molecule has 0 amide bonds. The first-order valence-electron chi connectivity index (χ1n) is 23.6. The van der Waals surface area contributed by atoms with Crippen molar-refractivity contribution in [1.82, 2.24) is 0 Å². The fourth-order valence-electron chi connectivity index (χ4n) is 6.48. The van der Waals surface area contributed by atoms with Gasteiger partial charge < -0.3 is 24.6 Å². The van der Waals surface area contributed by atoms with Crippen molar-refractivity contribution in [3.05, 3.63) is 48.6 Å². The van der Waals surface area contributed by atoms with Crippen LogP contribution in [-0.4, -0.2) is 65.7 Å². The Bertz CT molecular complexity index is 1120. The Morgan fingerprint density at radius 3 is 1.41 bits per heavy atom. The van der Waals surface area contributed by atoms with E-state index in [4.69, 9.17) is 23.6 Å². The van der Waals surface area contributed by atoms with Crippen LogP contribution < -0.4 is 0 Å². The monoisotopic (exact) mass is 855 g/mol. The fraction of sp³-hybridized carbons (Fsp3) is 0.792. The van der Waals surface area contributed by atoms with Gasteiger partial charge in [0.25, 0.3) is 0 Å². The molecule has 0 aliphatic heterocycles. The van der Waals surface area contributed by atoms with Gasteiger partial charge in [0.1, 0.15) is 12.7 Å². The van der Waals surface area contributed by atoms with E-state index in [0.29, 0.717) is 12.8 Å². The second-order valence-corrected chi connectivity index (χ2v) is 17.3. The maximum Gasteiger partial charge on any atom is 0.472 e. The number of esters is 2. The summed E-state index contributed by atoms with van der Waals surface area (Å²) in [6, 6.07) is 0. The van der Waals surface area contributed by atoms with Gasteiger partial charge in [0.15, 0.2) is 6.10 Å². The molecule has 3 atom stereocenters. The van der Waals surface area contributed by atoms with Gasteiger partial charge in [-0.1, -0.05) is 210 Å². The van der Waals surface area contributed by atoms with E-state index in [1.165, 1.54) is 109 Å². The Hall–Kier alpha value is -2.07. The summed E-state index contributed by atoms with van der Waals surface area (Å²) < 4.78 is 32.8. The van der Waals surface area contributed by atoms with E-state index in [1.807, 2.05) is 36.5 Å². The molecule has 0 heterocycles. The van der Waals surface area contributed by atoms with Crippen molar-refractivity contribution < 1.29 is 47.8 Å². The van der Waals surface area contributed by atoms with E-state index in [-0.39, 0.29) is 19.4 Å². The van der Waals surface area contributed by atoms with Crippen LogP contribution in [0, 0.1) is 0 Å². The average molecular weight is 855 g/mol. The lowest BCUT2D eigenvalue weighted by Crippen LogP contribution is -2.29. The molecule has 344 valence electrons. The van der Waals surface area contributed by atoms with Crippen molar-refractivity contribution in [3.8, 4) is 0 Å². The summed E-state index contributed by atoms with van der Waals surface area (Å²) in [5, 5.41) is 18.4. The van der Waals surface area contributed by atoms with E-state index in [2.05, 4.69) is 26.0 Å². The molecule has 1 unspecified atom stereocenters. The lowest BCUT2D eigenvalue weighted by atomic mass is 10.0. The lowest BCUT2D eigenvalue weighted by Gasteiger charge is -2.20. The SMILES string of the molecule is CC/C=C/C=C/C=C/C=C/CCCCCCCC(=O)O[C@@H](COC(=O)CCCCCCCCCCCCCCCCCCCCCCC)COP(=O)(O)OC[C@H](O)CO. The molecule has 0 aromatic rings. The van der Waals surface area contributed by atoms with Crippen LogP contribution in [0.5, 0.6) is 0 Å². The van der Waals surface area contributed by atoms with Crippen LogP contribution in [0.15, 0.2) is 48.6 Å². The highest BCUT2D eigenvalue weighted by Gasteiger charge is 2.27. The standard InChI is InChI=1S/C48H87O10P/c1-3-5-7-9-11-13-15-17-19-20-21-22-23-24-26-27-29-31-33-35-37-39-47(51)55-43-46(44-57-59(53,54)56-42-45(50)41-49)58-48(52)40-38-36-34-32-30-28-25-18-16-14-12-10-8-6-4-2/h6,8,10,12,14,16,18,25,45-46,49-50H,3-5,7,9,11,13,15,17,19-24,26-44H2,1-2H3,(H,53,54)/b8-6+,12-10+,16-14+,25-18+/t45-,46+/m1/s1. The van der Waals surface area contributed by atoms with Crippen LogP contribution in [-0.2, 0) is 32.7 Å². The van der Waals surface area contributed by atoms with Gasteiger partial charge in [-0.05, 0) is 32.1 Å². The highest BCUT2D eigenvalue weighted by molar-refractivity contribution is 7.47. The van der Waals surface area contributed by atoms with Gasteiger partial charge in [-0.25, -0.2) is 4.57 Å². The second-order valence-electron chi connectivity index (χ2n) is 15.9. The molecule has 0 aliphatic rings. The van der Waals surface area contributed by atoms with Crippen LogP contribution in [0.1, 0.15) is 206 Å². The number of aliphatic hydroxyl groups excluding tert-OH is 2. The highest BCUT2D eigenvalue weighted by atomic mass is 31.2. The molecule has 0 radical (unpaired) electrons. The molecule has 0 aliphatic carbocycles. The summed E-state index contributed by atoms with van der Waals surface area (Å²) in [6.07, 6.45) is 48.0.